The van der Waals surface area contributed by atoms with Crippen molar-refractivity contribution < 1.29 is 14.4 Å². The molecule has 35 heavy (non-hydrogen) atoms. The van der Waals surface area contributed by atoms with Crippen molar-refractivity contribution >= 4 is 29.8 Å². The minimum atomic E-state index is 0.309. The lowest BCUT2D eigenvalue weighted by Crippen LogP contribution is -2.02. The fourth-order valence-corrected chi connectivity index (χ4v) is 3.07. The highest BCUT2D eigenvalue weighted by atomic mass is 35.5. The minimum Gasteiger partial charge on any atom is -0.222 e. The second-order valence-corrected chi connectivity index (χ2v) is 6.70. The van der Waals surface area contributed by atoms with Crippen molar-refractivity contribution in [1.82, 2.24) is 0 Å². The maximum absolute atomic E-state index is 8.35. The van der Waals surface area contributed by atoms with Crippen LogP contribution in [-0.2, 0) is 14.4 Å². The average molecular weight is 486 g/mol. The summed E-state index contributed by atoms with van der Waals surface area (Å²) >= 11 is 5.54. The largest absolute Gasteiger partial charge is 0.231 e. The van der Waals surface area contributed by atoms with Gasteiger partial charge in [0.1, 0.15) is 0 Å². The first-order valence-corrected chi connectivity index (χ1v) is 10.4. The molecule has 0 unspecified atom stereocenters. The first-order valence-electron chi connectivity index (χ1n) is 10.1. The van der Waals surface area contributed by atoms with Gasteiger partial charge in [-0.25, -0.2) is 30.6 Å². The molecule has 4 aromatic rings. The molecule has 6 nitrogen and oxygen atoms in total. The molecule has 0 spiro atoms. The maximum atomic E-state index is 8.35. The molecule has 4 aromatic carbocycles. The van der Waals surface area contributed by atoms with Crippen molar-refractivity contribution in [3.63, 3.8) is 0 Å². The van der Waals surface area contributed by atoms with E-state index >= 15 is 0 Å². The van der Waals surface area contributed by atoms with E-state index in [0.29, 0.717) is 5.92 Å². The molecule has 0 heterocycles. The van der Waals surface area contributed by atoms with Gasteiger partial charge in [-0.15, -0.1) is 0 Å². The molecule has 0 atom stereocenters. The first-order chi connectivity index (χ1) is 17.1. The van der Waals surface area contributed by atoms with Crippen molar-refractivity contribution in [3.05, 3.63) is 143 Å². The van der Waals surface area contributed by atoms with Crippen LogP contribution < -0.4 is 0 Å². The summed E-state index contributed by atoms with van der Waals surface area (Å²) in [6, 6.07) is 41.5. The van der Waals surface area contributed by atoms with Crippen molar-refractivity contribution in [2.75, 3.05) is 0 Å². The Morgan fingerprint density at radius 3 is 0.829 bits per heavy atom. The van der Waals surface area contributed by atoms with Crippen LogP contribution in [0, 0.1) is 16.2 Å². The number of hydrogen-bond donors (Lipinski definition) is 3. The summed E-state index contributed by atoms with van der Waals surface area (Å²) in [5.41, 5.74) is 4.00. The summed E-state index contributed by atoms with van der Waals surface area (Å²) in [6.07, 6.45) is 2.25. The van der Waals surface area contributed by atoms with Gasteiger partial charge in [0.2, 0.25) is 18.2 Å². The van der Waals surface area contributed by atoms with Gasteiger partial charge in [0.05, 0.1) is 0 Å². The van der Waals surface area contributed by atoms with Crippen LogP contribution in [-0.4, -0.2) is 18.2 Å². The van der Waals surface area contributed by atoms with E-state index in [1.165, 1.54) is 16.7 Å². The summed E-state index contributed by atoms with van der Waals surface area (Å²) in [5.74, 6) is 0.309. The van der Waals surface area contributed by atoms with Crippen LogP contribution in [0.25, 0.3) is 0 Å². The molecule has 0 aliphatic carbocycles. The molecular formula is C28H24ClN3O3. The fourth-order valence-electron chi connectivity index (χ4n) is 2.93. The summed E-state index contributed by atoms with van der Waals surface area (Å²) in [7, 11) is 0. The second-order valence-electron chi connectivity index (χ2n) is 6.27. The van der Waals surface area contributed by atoms with E-state index in [0.717, 1.165) is 23.3 Å². The van der Waals surface area contributed by atoms with Crippen LogP contribution in [0.2, 0.25) is 5.02 Å². The van der Waals surface area contributed by atoms with E-state index in [1.807, 2.05) is 30.3 Å². The number of isocyanates is 3. The molecule has 0 aliphatic heterocycles. The highest BCUT2D eigenvalue weighted by Crippen LogP contribution is 2.31. The normalized spacial score (nSPS) is 8.17. The van der Waals surface area contributed by atoms with Gasteiger partial charge in [-0.3, -0.25) is 0 Å². The number of halogens is 1. The van der Waals surface area contributed by atoms with Gasteiger partial charge in [0, 0.05) is 10.9 Å². The zero-order valence-corrected chi connectivity index (χ0v) is 19.5. The van der Waals surface area contributed by atoms with Crippen molar-refractivity contribution in [2.24, 2.45) is 0 Å². The molecule has 0 saturated carbocycles. The highest BCUT2D eigenvalue weighted by molar-refractivity contribution is 6.30. The molecule has 0 aliphatic rings. The number of rotatable bonds is 3. The Labute approximate surface area is 209 Å². The van der Waals surface area contributed by atoms with Gasteiger partial charge in [0.25, 0.3) is 0 Å². The molecule has 4 rings (SSSR count). The molecule has 0 radical (unpaired) electrons. The van der Waals surface area contributed by atoms with Gasteiger partial charge >= 0.3 is 0 Å². The zero-order valence-electron chi connectivity index (χ0n) is 18.7. The van der Waals surface area contributed by atoms with E-state index in [2.05, 4.69) is 91.0 Å². The Hall–Kier alpha value is -4.69. The Balaban J connectivity index is 0.000000595. The van der Waals surface area contributed by atoms with Crippen LogP contribution >= 0.6 is 11.6 Å². The lowest BCUT2D eigenvalue weighted by Gasteiger charge is -2.18. The third-order valence-electron chi connectivity index (χ3n) is 4.13. The molecule has 176 valence electrons. The van der Waals surface area contributed by atoms with Gasteiger partial charge in [0.15, 0.2) is 0 Å². The van der Waals surface area contributed by atoms with Gasteiger partial charge in [-0.1, -0.05) is 121 Å². The Morgan fingerprint density at radius 1 is 0.457 bits per heavy atom. The van der Waals surface area contributed by atoms with E-state index in [1.54, 1.807) is 0 Å². The van der Waals surface area contributed by atoms with Crippen molar-refractivity contribution in [1.29, 1.82) is 16.2 Å². The molecule has 3 N–H and O–H groups in total. The Bertz CT molecular complexity index is 1030. The summed E-state index contributed by atoms with van der Waals surface area (Å²) < 4.78 is 0. The molecule has 0 aromatic heterocycles. The average Bonchev–Trinajstić information content (AvgIpc) is 2.89. The molecule has 0 bridgehead atoms. The standard InChI is InChI=1S/C19H16.C6H5Cl.3CHNO/c1-4-10-16(11-5-1)19(17-12-6-2-7-13-17)18-14-8-3-9-15-18;7-6-4-2-1-3-5-6;3*2-1-3/h1-15,19H;1-5H;3*2H. The van der Waals surface area contributed by atoms with E-state index < -0.39 is 0 Å². The van der Waals surface area contributed by atoms with Crippen LogP contribution in [0.5, 0.6) is 0 Å². The third kappa shape index (κ3) is 14.1. The molecule has 0 saturated heterocycles. The zero-order chi connectivity index (χ0) is 26.2. The van der Waals surface area contributed by atoms with E-state index in [4.69, 9.17) is 42.2 Å². The topological polar surface area (TPSA) is 123 Å². The lowest BCUT2D eigenvalue weighted by molar-refractivity contribution is 0.562. The predicted molar refractivity (Wildman–Crippen MR) is 137 cm³/mol. The van der Waals surface area contributed by atoms with Gasteiger partial charge in [-0.2, -0.15) is 0 Å². The predicted octanol–water partition coefficient (Wildman–Crippen LogP) is 6.91. The fraction of sp³-hybridized carbons (Fsp3) is 0.0357. The summed E-state index contributed by atoms with van der Waals surface area (Å²) in [6.45, 7) is 0. The summed E-state index contributed by atoms with van der Waals surface area (Å²) in [4.78, 5) is 25.0. The number of benzene rings is 4. The Kier molecular flexibility index (Phi) is 18.3. The lowest BCUT2D eigenvalue weighted by atomic mass is 9.85. The van der Waals surface area contributed by atoms with Crippen molar-refractivity contribution in [2.45, 2.75) is 5.92 Å². The van der Waals surface area contributed by atoms with Gasteiger partial charge < -0.3 is 0 Å². The number of carbonyl (C=O) groups excluding carboxylic acids is 3. The SMILES string of the molecule is Clc1ccccc1.N=C=O.N=C=O.N=C=O.c1ccc(C(c2ccccc2)c2ccccc2)cc1. The smallest absolute Gasteiger partial charge is 0.222 e. The first kappa shape index (κ1) is 30.3. The van der Waals surface area contributed by atoms with E-state index in [9.17, 15) is 0 Å². The minimum absolute atomic E-state index is 0.309. The van der Waals surface area contributed by atoms with Crippen LogP contribution in [0.3, 0.4) is 0 Å². The van der Waals surface area contributed by atoms with Crippen LogP contribution in [0.4, 0.5) is 0 Å². The van der Waals surface area contributed by atoms with Gasteiger partial charge in [-0.05, 0) is 28.8 Å². The highest BCUT2D eigenvalue weighted by Gasteiger charge is 2.15. The monoisotopic (exact) mass is 485 g/mol. The van der Waals surface area contributed by atoms with Crippen molar-refractivity contribution in [3.8, 4) is 0 Å². The van der Waals surface area contributed by atoms with Crippen LogP contribution in [0.1, 0.15) is 22.6 Å². The molecule has 0 fully saturated rings. The molecule has 0 amide bonds. The second kappa shape index (κ2) is 21.2. The van der Waals surface area contributed by atoms with Crippen LogP contribution in [0.15, 0.2) is 121 Å². The van der Waals surface area contributed by atoms with E-state index in [-0.39, 0.29) is 0 Å². The Morgan fingerprint density at radius 2 is 0.657 bits per heavy atom. The number of nitrogens with one attached hydrogen (secondary N) is 3. The summed E-state index contributed by atoms with van der Waals surface area (Å²) in [5, 5.41) is 17.0. The number of hydrogen-bond acceptors (Lipinski definition) is 6. The maximum Gasteiger partial charge on any atom is 0.231 e. The third-order valence-corrected chi connectivity index (χ3v) is 4.38. The molecule has 7 heteroatoms. The quantitative estimate of drug-likeness (QED) is 0.166. The molecular weight excluding hydrogens is 462 g/mol.